The highest BCUT2D eigenvalue weighted by Gasteiger charge is 2.28. The monoisotopic (exact) mass is 296 g/mol. The lowest BCUT2D eigenvalue weighted by Gasteiger charge is -2.31. The first-order chi connectivity index (χ1) is 8.01. The number of alkyl halides is 1. The highest BCUT2D eigenvalue weighted by atomic mass is 79.9. The predicted octanol–water partition coefficient (Wildman–Crippen LogP) is 4.68. The van der Waals surface area contributed by atoms with Crippen LogP contribution >= 0.6 is 15.9 Å². The van der Waals surface area contributed by atoms with E-state index in [0.717, 1.165) is 25.0 Å². The van der Waals surface area contributed by atoms with E-state index in [1.54, 1.807) is 0 Å². The number of hydrogen-bond acceptors (Lipinski definition) is 1. The summed E-state index contributed by atoms with van der Waals surface area (Å²) in [5.74, 6) is 1.00. The zero-order chi connectivity index (χ0) is 12.5. The molecule has 0 radical (unpaired) electrons. The van der Waals surface area contributed by atoms with E-state index in [2.05, 4.69) is 61.0 Å². The third-order valence-corrected chi connectivity index (χ3v) is 4.61. The van der Waals surface area contributed by atoms with E-state index in [-0.39, 0.29) is 5.41 Å². The summed E-state index contributed by atoms with van der Waals surface area (Å²) in [5.41, 5.74) is 1.65. The topological polar surface area (TPSA) is 9.23 Å². The van der Waals surface area contributed by atoms with E-state index in [4.69, 9.17) is 4.74 Å². The predicted molar refractivity (Wildman–Crippen MR) is 76.1 cm³/mol. The van der Waals surface area contributed by atoms with Gasteiger partial charge in [0.05, 0.1) is 0 Å². The summed E-state index contributed by atoms with van der Waals surface area (Å²) in [6.07, 6.45) is 3.82. The maximum Gasteiger partial charge on any atom is 0.119 e. The Bertz CT molecular complexity index is 363. The maximum atomic E-state index is 5.89. The van der Waals surface area contributed by atoms with E-state index in [1.165, 1.54) is 5.56 Å². The minimum absolute atomic E-state index is 0.260. The third-order valence-electron chi connectivity index (χ3n) is 3.86. The molecule has 94 valence electrons. The molecule has 17 heavy (non-hydrogen) atoms. The molecular weight excluding hydrogens is 276 g/mol. The van der Waals surface area contributed by atoms with Gasteiger partial charge >= 0.3 is 0 Å². The lowest BCUT2D eigenvalue weighted by Crippen LogP contribution is -2.33. The first-order valence-corrected chi connectivity index (χ1v) is 7.34. The van der Waals surface area contributed by atoms with Crippen LogP contribution in [0, 0.1) is 0 Å². The molecule has 0 aliphatic heterocycles. The van der Waals surface area contributed by atoms with Crippen molar-refractivity contribution in [2.75, 3.05) is 0 Å². The molecule has 1 aliphatic rings. The molecule has 0 saturated heterocycles. The number of rotatable bonds is 4. The van der Waals surface area contributed by atoms with Crippen LogP contribution in [-0.4, -0.2) is 10.9 Å². The zero-order valence-corrected chi connectivity index (χ0v) is 12.5. The minimum Gasteiger partial charge on any atom is -0.490 e. The molecule has 1 aliphatic carbocycles. The van der Waals surface area contributed by atoms with Gasteiger partial charge in [0.15, 0.2) is 0 Å². The molecule has 0 spiro atoms. The third kappa shape index (κ3) is 3.04. The van der Waals surface area contributed by atoms with Gasteiger partial charge in [0, 0.05) is 4.83 Å². The van der Waals surface area contributed by atoms with Gasteiger partial charge in [0.1, 0.15) is 11.9 Å². The van der Waals surface area contributed by atoms with Crippen LogP contribution in [0.5, 0.6) is 5.75 Å². The van der Waals surface area contributed by atoms with E-state index in [0.29, 0.717) is 10.9 Å². The Balaban J connectivity index is 1.98. The van der Waals surface area contributed by atoms with Crippen LogP contribution in [0.2, 0.25) is 0 Å². The lowest BCUT2D eigenvalue weighted by molar-refractivity contribution is 0.128. The van der Waals surface area contributed by atoms with E-state index in [1.807, 2.05) is 0 Å². The van der Waals surface area contributed by atoms with Crippen molar-refractivity contribution >= 4 is 15.9 Å². The van der Waals surface area contributed by atoms with Gasteiger partial charge < -0.3 is 4.74 Å². The van der Waals surface area contributed by atoms with Gasteiger partial charge in [-0.1, -0.05) is 48.8 Å². The first kappa shape index (κ1) is 12.9. The summed E-state index contributed by atoms with van der Waals surface area (Å²) in [5, 5.41) is 0. The van der Waals surface area contributed by atoms with Crippen molar-refractivity contribution in [1.82, 2.24) is 0 Å². The van der Waals surface area contributed by atoms with Crippen molar-refractivity contribution in [3.05, 3.63) is 29.8 Å². The zero-order valence-electron chi connectivity index (χ0n) is 10.9. The maximum absolute atomic E-state index is 5.89. The smallest absolute Gasteiger partial charge is 0.119 e. The van der Waals surface area contributed by atoms with Crippen LogP contribution in [0.3, 0.4) is 0 Å². The summed E-state index contributed by atoms with van der Waals surface area (Å²) < 4.78 is 5.89. The molecule has 2 heteroatoms. The molecule has 0 aromatic heterocycles. The molecule has 1 fully saturated rings. The van der Waals surface area contributed by atoms with Gasteiger partial charge in [-0.25, -0.2) is 0 Å². The second-order valence-electron chi connectivity index (χ2n) is 5.57. The van der Waals surface area contributed by atoms with Crippen molar-refractivity contribution in [2.24, 2.45) is 0 Å². The fraction of sp³-hybridized carbons (Fsp3) is 0.600. The normalized spacial score (nSPS) is 24.2. The van der Waals surface area contributed by atoms with Crippen molar-refractivity contribution in [1.29, 1.82) is 0 Å². The summed E-state index contributed by atoms with van der Waals surface area (Å²) in [4.78, 5) is 0.658. The van der Waals surface area contributed by atoms with Crippen LogP contribution < -0.4 is 4.74 Å². The van der Waals surface area contributed by atoms with E-state index < -0.39 is 0 Å². The molecule has 1 aromatic rings. The van der Waals surface area contributed by atoms with Crippen LogP contribution in [0.25, 0.3) is 0 Å². The highest BCUT2D eigenvalue weighted by Crippen LogP contribution is 2.32. The largest absolute Gasteiger partial charge is 0.490 e. The molecule has 0 unspecified atom stereocenters. The Hall–Kier alpha value is -0.500. The van der Waals surface area contributed by atoms with Crippen molar-refractivity contribution < 1.29 is 4.74 Å². The molecule has 0 amide bonds. The lowest BCUT2D eigenvalue weighted by atomic mass is 9.82. The summed E-state index contributed by atoms with van der Waals surface area (Å²) in [6, 6.07) is 8.61. The molecule has 0 heterocycles. The van der Waals surface area contributed by atoms with E-state index >= 15 is 0 Å². The highest BCUT2D eigenvalue weighted by molar-refractivity contribution is 9.09. The summed E-state index contributed by atoms with van der Waals surface area (Å²) >= 11 is 3.58. The molecule has 0 atom stereocenters. The second-order valence-corrected chi connectivity index (χ2v) is 6.87. The Morgan fingerprint density at radius 2 is 1.82 bits per heavy atom. The number of benzene rings is 1. The van der Waals surface area contributed by atoms with Crippen LogP contribution in [0.15, 0.2) is 24.3 Å². The van der Waals surface area contributed by atoms with Crippen LogP contribution in [-0.2, 0) is 5.41 Å². The minimum atomic E-state index is 0.260. The molecule has 1 nitrogen and oxygen atoms in total. The second kappa shape index (κ2) is 5.01. The van der Waals surface area contributed by atoms with Crippen molar-refractivity contribution in [2.45, 2.75) is 56.4 Å². The van der Waals surface area contributed by atoms with Gasteiger partial charge in [-0.3, -0.25) is 0 Å². The molecule has 1 aromatic carbocycles. The Labute approximate surface area is 113 Å². The average molecular weight is 297 g/mol. The fourth-order valence-electron chi connectivity index (χ4n) is 1.98. The van der Waals surface area contributed by atoms with E-state index in [9.17, 15) is 0 Å². The van der Waals surface area contributed by atoms with Gasteiger partial charge in [0.2, 0.25) is 0 Å². The summed E-state index contributed by atoms with van der Waals surface area (Å²) in [6.45, 7) is 6.80. The molecule has 0 bridgehead atoms. The Morgan fingerprint density at radius 1 is 1.24 bits per heavy atom. The molecular formula is C15H21BrO. The Morgan fingerprint density at radius 3 is 2.29 bits per heavy atom. The number of halogens is 1. The van der Waals surface area contributed by atoms with Crippen molar-refractivity contribution in [3.8, 4) is 5.75 Å². The van der Waals surface area contributed by atoms with Gasteiger partial charge in [-0.05, 0) is 42.4 Å². The summed E-state index contributed by atoms with van der Waals surface area (Å²) in [7, 11) is 0. The fourth-order valence-corrected chi connectivity index (χ4v) is 2.81. The van der Waals surface area contributed by atoms with Gasteiger partial charge in [-0.2, -0.15) is 0 Å². The standard InChI is InChI=1S/C15H21BrO/c1-4-15(2,3)11-5-7-13(8-6-11)17-14-9-12(16)10-14/h5-8,12,14H,4,9-10H2,1-3H3. The van der Waals surface area contributed by atoms with Crippen molar-refractivity contribution in [3.63, 3.8) is 0 Å². The van der Waals surface area contributed by atoms with Crippen LogP contribution in [0.1, 0.15) is 45.6 Å². The average Bonchev–Trinajstić information content (AvgIpc) is 2.28. The van der Waals surface area contributed by atoms with Gasteiger partial charge in [-0.15, -0.1) is 0 Å². The first-order valence-electron chi connectivity index (χ1n) is 6.42. The number of ether oxygens (including phenoxy) is 1. The molecule has 1 saturated carbocycles. The SMILES string of the molecule is CCC(C)(C)c1ccc(OC2CC(Br)C2)cc1. The number of hydrogen-bond donors (Lipinski definition) is 0. The Kier molecular flexibility index (Phi) is 3.82. The van der Waals surface area contributed by atoms with Crippen LogP contribution in [0.4, 0.5) is 0 Å². The van der Waals surface area contributed by atoms with Gasteiger partial charge in [0.25, 0.3) is 0 Å². The molecule has 2 rings (SSSR count). The molecule has 0 N–H and O–H groups in total. The quantitative estimate of drug-likeness (QED) is 0.733.